The number of aromatic amines is 1. The van der Waals surface area contributed by atoms with Crippen LogP contribution in [0, 0.1) is 0 Å². The Morgan fingerprint density at radius 1 is 0.516 bits per heavy atom. The number of hydrogen-bond donors (Lipinski definition) is 1. The van der Waals surface area contributed by atoms with Crippen LogP contribution < -0.4 is 14.2 Å². The van der Waals surface area contributed by atoms with Crippen molar-refractivity contribution in [3.63, 3.8) is 0 Å². The first-order valence-electron chi connectivity index (χ1n) is 9.98. The molecule has 0 spiro atoms. The van der Waals surface area contributed by atoms with E-state index in [4.69, 9.17) is 19.2 Å². The van der Waals surface area contributed by atoms with Crippen LogP contribution in [-0.2, 0) is 5.97 Å². The molecule has 0 aliphatic carbocycles. The molecule has 0 amide bonds. The van der Waals surface area contributed by atoms with Crippen molar-refractivity contribution in [3.8, 4) is 17.2 Å². The third kappa shape index (κ3) is 4.07. The van der Waals surface area contributed by atoms with E-state index in [1.165, 1.54) is 0 Å². The molecule has 0 saturated carbocycles. The van der Waals surface area contributed by atoms with E-state index >= 15 is 0 Å². The number of fused-ring (bicyclic) bond motifs is 1. The number of rotatable bonds is 7. The van der Waals surface area contributed by atoms with Crippen molar-refractivity contribution >= 4 is 11.0 Å². The Bertz CT molecular complexity index is 1120. The molecular weight excluding hydrogens is 388 g/mol. The number of aromatic nitrogens is 2. The normalized spacial score (nSPS) is 11.2. The van der Waals surface area contributed by atoms with Gasteiger partial charge in [-0.3, -0.25) is 0 Å². The van der Waals surface area contributed by atoms with Crippen LogP contribution in [-0.4, -0.2) is 9.97 Å². The van der Waals surface area contributed by atoms with Crippen molar-refractivity contribution in [2.45, 2.75) is 5.97 Å². The van der Waals surface area contributed by atoms with Gasteiger partial charge in [0.2, 0.25) is 5.82 Å². The smallest absolute Gasteiger partial charge is 0.414 e. The second kappa shape index (κ2) is 8.24. The second-order valence-corrected chi connectivity index (χ2v) is 6.90. The molecule has 0 atom stereocenters. The maximum atomic E-state index is 6.39. The van der Waals surface area contributed by atoms with Gasteiger partial charge in [0.1, 0.15) is 17.2 Å². The van der Waals surface area contributed by atoms with Crippen LogP contribution >= 0.6 is 0 Å². The van der Waals surface area contributed by atoms with Gasteiger partial charge >= 0.3 is 5.97 Å². The summed E-state index contributed by atoms with van der Waals surface area (Å²) in [5.41, 5.74) is 1.64. The van der Waals surface area contributed by atoms with Crippen molar-refractivity contribution in [2.75, 3.05) is 0 Å². The maximum Gasteiger partial charge on any atom is 0.482 e. The predicted octanol–water partition coefficient (Wildman–Crippen LogP) is 5.91. The Labute approximate surface area is 179 Å². The van der Waals surface area contributed by atoms with E-state index < -0.39 is 5.97 Å². The molecule has 0 bridgehead atoms. The van der Waals surface area contributed by atoms with Gasteiger partial charge in [-0.15, -0.1) is 0 Å². The van der Waals surface area contributed by atoms with E-state index in [0.29, 0.717) is 23.1 Å². The highest BCUT2D eigenvalue weighted by Crippen LogP contribution is 2.34. The van der Waals surface area contributed by atoms with Gasteiger partial charge in [0.15, 0.2) is 0 Å². The summed E-state index contributed by atoms with van der Waals surface area (Å²) in [6.07, 6.45) is 0. The fraction of sp³-hybridized carbons (Fsp3) is 0.0385. The number of ether oxygens (including phenoxy) is 3. The van der Waals surface area contributed by atoms with Crippen LogP contribution in [0.4, 0.5) is 0 Å². The van der Waals surface area contributed by atoms with Gasteiger partial charge in [-0.1, -0.05) is 66.7 Å². The lowest BCUT2D eigenvalue weighted by Gasteiger charge is -2.32. The molecule has 0 fully saturated rings. The van der Waals surface area contributed by atoms with E-state index in [1.807, 2.05) is 115 Å². The SMILES string of the molecule is c1ccc(OC(Oc2ccccc2)(Oc2ccccc2)c2nc3ccccc3[nH]2)cc1. The minimum absolute atomic E-state index is 0.394. The number of benzene rings is 4. The highest BCUT2D eigenvalue weighted by atomic mass is 16.9. The van der Waals surface area contributed by atoms with Crippen molar-refractivity contribution in [1.82, 2.24) is 9.97 Å². The van der Waals surface area contributed by atoms with Crippen LogP contribution in [0.15, 0.2) is 115 Å². The summed E-state index contributed by atoms with van der Waals surface area (Å²) in [6, 6.07) is 36.0. The summed E-state index contributed by atoms with van der Waals surface area (Å²) in [6.45, 7) is 0. The van der Waals surface area contributed by atoms with Crippen LogP contribution in [0.5, 0.6) is 17.2 Å². The zero-order valence-corrected chi connectivity index (χ0v) is 16.6. The quantitative estimate of drug-likeness (QED) is 0.340. The molecule has 0 aliphatic rings. The first kappa shape index (κ1) is 18.8. The fourth-order valence-corrected chi connectivity index (χ4v) is 3.24. The largest absolute Gasteiger partial charge is 0.482 e. The van der Waals surface area contributed by atoms with Gasteiger partial charge in [-0.05, 0) is 48.5 Å². The zero-order valence-electron chi connectivity index (χ0n) is 16.6. The predicted molar refractivity (Wildman–Crippen MR) is 119 cm³/mol. The summed E-state index contributed by atoms with van der Waals surface area (Å²) in [7, 11) is 0. The summed E-state index contributed by atoms with van der Waals surface area (Å²) < 4.78 is 19.2. The molecule has 4 aromatic carbocycles. The van der Waals surface area contributed by atoms with Crippen molar-refractivity contribution in [3.05, 3.63) is 121 Å². The first-order chi connectivity index (χ1) is 15.3. The molecular formula is C26H20N2O3. The molecule has 5 rings (SSSR count). The summed E-state index contributed by atoms with van der Waals surface area (Å²) in [5, 5.41) is 0. The standard InChI is InChI=1S/C26H20N2O3/c1-4-12-20(13-5-1)29-26(30-21-14-6-2-7-15-21,31-22-16-8-3-9-17-22)25-27-23-18-10-11-19-24(23)28-25/h1-19H,(H,27,28). The van der Waals surface area contributed by atoms with Crippen molar-refractivity contribution in [1.29, 1.82) is 0 Å². The van der Waals surface area contributed by atoms with Crippen LogP contribution in [0.1, 0.15) is 5.82 Å². The third-order valence-electron chi connectivity index (χ3n) is 4.67. The molecule has 1 heterocycles. The summed E-state index contributed by atoms with van der Waals surface area (Å²) in [4.78, 5) is 8.05. The number of imidazole rings is 1. The lowest BCUT2D eigenvalue weighted by molar-refractivity contribution is -0.268. The Morgan fingerprint density at radius 2 is 0.935 bits per heavy atom. The Kier molecular flexibility index (Phi) is 4.99. The van der Waals surface area contributed by atoms with Gasteiger partial charge in [-0.2, -0.15) is 0 Å². The average molecular weight is 408 g/mol. The molecule has 0 saturated heterocycles. The molecule has 1 aromatic heterocycles. The minimum atomic E-state index is -1.69. The van der Waals surface area contributed by atoms with Gasteiger partial charge in [-0.25, -0.2) is 4.98 Å². The molecule has 0 radical (unpaired) electrons. The fourth-order valence-electron chi connectivity index (χ4n) is 3.24. The summed E-state index contributed by atoms with van der Waals surface area (Å²) >= 11 is 0. The van der Waals surface area contributed by atoms with E-state index in [2.05, 4.69) is 4.98 Å². The van der Waals surface area contributed by atoms with Crippen LogP contribution in [0.25, 0.3) is 11.0 Å². The van der Waals surface area contributed by atoms with E-state index in [1.54, 1.807) is 0 Å². The highest BCUT2D eigenvalue weighted by Gasteiger charge is 2.45. The minimum Gasteiger partial charge on any atom is -0.414 e. The average Bonchev–Trinajstić information content (AvgIpc) is 3.26. The Morgan fingerprint density at radius 3 is 1.39 bits per heavy atom. The van der Waals surface area contributed by atoms with Crippen LogP contribution in [0.3, 0.4) is 0 Å². The number of para-hydroxylation sites is 5. The van der Waals surface area contributed by atoms with Gasteiger partial charge in [0.05, 0.1) is 11.0 Å². The topological polar surface area (TPSA) is 56.4 Å². The number of hydrogen-bond acceptors (Lipinski definition) is 4. The van der Waals surface area contributed by atoms with E-state index in [0.717, 1.165) is 11.0 Å². The van der Waals surface area contributed by atoms with Crippen molar-refractivity contribution in [2.24, 2.45) is 0 Å². The molecule has 5 heteroatoms. The number of nitrogens with zero attached hydrogens (tertiary/aromatic N) is 1. The molecule has 31 heavy (non-hydrogen) atoms. The third-order valence-corrected chi connectivity index (χ3v) is 4.67. The number of nitrogens with one attached hydrogen (secondary N) is 1. The zero-order chi connectivity index (χ0) is 20.9. The second-order valence-electron chi connectivity index (χ2n) is 6.90. The molecule has 152 valence electrons. The lowest BCUT2D eigenvalue weighted by atomic mass is 10.3. The Hall–Kier alpha value is -4.25. The van der Waals surface area contributed by atoms with Crippen molar-refractivity contribution < 1.29 is 14.2 Å². The van der Waals surface area contributed by atoms with Gasteiger partial charge < -0.3 is 19.2 Å². The molecule has 1 N–H and O–H groups in total. The molecule has 5 aromatic rings. The van der Waals surface area contributed by atoms with E-state index in [-0.39, 0.29) is 0 Å². The molecule has 0 unspecified atom stereocenters. The Balaban J connectivity index is 1.68. The molecule has 0 aliphatic heterocycles. The maximum absolute atomic E-state index is 6.39. The molecule has 5 nitrogen and oxygen atoms in total. The number of H-pyrrole nitrogens is 1. The monoisotopic (exact) mass is 408 g/mol. The van der Waals surface area contributed by atoms with Crippen LogP contribution in [0.2, 0.25) is 0 Å². The van der Waals surface area contributed by atoms with Gasteiger partial charge in [0.25, 0.3) is 0 Å². The summed E-state index contributed by atoms with van der Waals surface area (Å²) in [5.74, 6) is 0.438. The van der Waals surface area contributed by atoms with E-state index in [9.17, 15) is 0 Å². The highest BCUT2D eigenvalue weighted by molar-refractivity contribution is 5.74. The van der Waals surface area contributed by atoms with Gasteiger partial charge in [0, 0.05) is 0 Å². The lowest BCUT2D eigenvalue weighted by Crippen LogP contribution is -2.46. The first-order valence-corrected chi connectivity index (χ1v) is 9.98.